The lowest BCUT2D eigenvalue weighted by atomic mass is 10.1. The first-order chi connectivity index (χ1) is 7.54. The van der Waals surface area contributed by atoms with Gasteiger partial charge in [0.25, 0.3) is 5.91 Å². The van der Waals surface area contributed by atoms with Crippen molar-refractivity contribution in [1.82, 2.24) is 5.32 Å². The molecule has 0 unspecified atom stereocenters. The minimum atomic E-state index is -0.992. The van der Waals surface area contributed by atoms with Crippen LogP contribution in [0.4, 0.5) is 0 Å². The summed E-state index contributed by atoms with van der Waals surface area (Å²) in [7, 11) is 0. The Morgan fingerprint density at radius 1 is 1.25 bits per heavy atom. The van der Waals surface area contributed by atoms with Crippen molar-refractivity contribution in [2.24, 2.45) is 0 Å². The van der Waals surface area contributed by atoms with Crippen molar-refractivity contribution in [3.63, 3.8) is 0 Å². The summed E-state index contributed by atoms with van der Waals surface area (Å²) in [5, 5.41) is 11.5. The summed E-state index contributed by atoms with van der Waals surface area (Å²) in [5.74, 6) is -1.17. The van der Waals surface area contributed by atoms with Crippen molar-refractivity contribution < 1.29 is 14.7 Å². The number of carbonyl (C=O) groups excluding carboxylic acids is 1. The van der Waals surface area contributed by atoms with Crippen LogP contribution in [-0.4, -0.2) is 23.0 Å². The van der Waals surface area contributed by atoms with Gasteiger partial charge in [0.1, 0.15) is 0 Å². The van der Waals surface area contributed by atoms with Crippen LogP contribution >= 0.6 is 0 Å². The fourth-order valence-corrected chi connectivity index (χ4v) is 1.17. The molecule has 0 aliphatic heterocycles. The fraction of sp³-hybridized carbons (Fsp3) is 0.333. The van der Waals surface area contributed by atoms with Gasteiger partial charge in [-0.3, -0.25) is 4.79 Å². The molecule has 4 heteroatoms. The first kappa shape index (κ1) is 12.2. The van der Waals surface area contributed by atoms with Crippen molar-refractivity contribution in [2.45, 2.75) is 26.3 Å². The number of nitrogens with one attached hydrogen (secondary N) is 1. The molecule has 0 saturated carbocycles. The second-order valence-corrected chi connectivity index (χ2v) is 3.67. The van der Waals surface area contributed by atoms with Crippen LogP contribution in [0.2, 0.25) is 0 Å². The molecule has 2 N–H and O–H groups in total. The molecule has 0 aliphatic rings. The van der Waals surface area contributed by atoms with Gasteiger partial charge >= 0.3 is 5.97 Å². The Labute approximate surface area is 94.3 Å². The molecule has 1 aromatic rings. The highest BCUT2D eigenvalue weighted by Gasteiger charge is 2.09. The SMILES string of the molecule is CC[C@@H](C)NC(=O)c1ccc(C(=O)O)cc1. The van der Waals surface area contributed by atoms with Gasteiger partial charge < -0.3 is 10.4 Å². The van der Waals surface area contributed by atoms with E-state index in [0.29, 0.717) is 5.56 Å². The molecule has 1 aromatic carbocycles. The summed E-state index contributed by atoms with van der Waals surface area (Å²) in [5.41, 5.74) is 0.658. The van der Waals surface area contributed by atoms with Crippen LogP contribution in [0.25, 0.3) is 0 Å². The lowest BCUT2D eigenvalue weighted by Gasteiger charge is -2.11. The van der Waals surface area contributed by atoms with Gasteiger partial charge in [-0.15, -0.1) is 0 Å². The molecular weight excluding hydrogens is 206 g/mol. The lowest BCUT2D eigenvalue weighted by molar-refractivity contribution is 0.0696. The van der Waals surface area contributed by atoms with Crippen LogP contribution in [0.5, 0.6) is 0 Å². The zero-order valence-electron chi connectivity index (χ0n) is 9.36. The molecule has 0 fully saturated rings. The topological polar surface area (TPSA) is 66.4 Å². The van der Waals surface area contributed by atoms with Crippen LogP contribution < -0.4 is 5.32 Å². The van der Waals surface area contributed by atoms with E-state index in [2.05, 4.69) is 5.32 Å². The summed E-state index contributed by atoms with van der Waals surface area (Å²) in [6.07, 6.45) is 0.860. The van der Waals surface area contributed by atoms with Crippen molar-refractivity contribution in [3.05, 3.63) is 35.4 Å². The molecule has 0 aliphatic carbocycles. The summed E-state index contributed by atoms with van der Waals surface area (Å²) < 4.78 is 0. The van der Waals surface area contributed by atoms with E-state index in [-0.39, 0.29) is 17.5 Å². The Balaban J connectivity index is 2.74. The Kier molecular flexibility index (Phi) is 4.05. The Bertz CT molecular complexity index is 384. The molecule has 16 heavy (non-hydrogen) atoms. The summed E-state index contributed by atoms with van der Waals surface area (Å²) in [6, 6.07) is 6.00. The van der Waals surface area contributed by atoms with Crippen LogP contribution in [0.3, 0.4) is 0 Å². The second kappa shape index (κ2) is 5.30. The van der Waals surface area contributed by atoms with Gasteiger partial charge in [0.05, 0.1) is 5.56 Å². The summed E-state index contributed by atoms with van der Waals surface area (Å²) >= 11 is 0. The van der Waals surface area contributed by atoms with Crippen LogP contribution in [-0.2, 0) is 0 Å². The van der Waals surface area contributed by atoms with Gasteiger partial charge in [-0.2, -0.15) is 0 Å². The molecule has 86 valence electrons. The number of amides is 1. The zero-order valence-corrected chi connectivity index (χ0v) is 9.36. The largest absolute Gasteiger partial charge is 0.478 e. The lowest BCUT2D eigenvalue weighted by Crippen LogP contribution is -2.31. The highest BCUT2D eigenvalue weighted by molar-refractivity contribution is 5.95. The normalized spacial score (nSPS) is 11.9. The summed E-state index contributed by atoms with van der Waals surface area (Å²) in [4.78, 5) is 22.2. The molecule has 4 nitrogen and oxygen atoms in total. The van der Waals surface area contributed by atoms with Gasteiger partial charge in [-0.05, 0) is 37.6 Å². The number of rotatable bonds is 4. The third-order valence-corrected chi connectivity index (χ3v) is 2.38. The Hall–Kier alpha value is -1.84. The number of carboxylic acids is 1. The number of carboxylic acid groups (broad SMARTS) is 1. The third kappa shape index (κ3) is 3.08. The number of hydrogen-bond donors (Lipinski definition) is 2. The van der Waals surface area contributed by atoms with Crippen molar-refractivity contribution in [1.29, 1.82) is 0 Å². The molecule has 0 heterocycles. The molecule has 0 radical (unpaired) electrons. The second-order valence-electron chi connectivity index (χ2n) is 3.67. The first-order valence-corrected chi connectivity index (χ1v) is 5.18. The van der Waals surface area contributed by atoms with Gasteiger partial charge in [0.15, 0.2) is 0 Å². The first-order valence-electron chi connectivity index (χ1n) is 5.18. The molecule has 1 atom stereocenters. The molecule has 1 amide bonds. The maximum absolute atomic E-state index is 11.6. The monoisotopic (exact) mass is 221 g/mol. The quantitative estimate of drug-likeness (QED) is 0.816. The van der Waals surface area contributed by atoms with Crippen molar-refractivity contribution >= 4 is 11.9 Å². The molecule has 1 rings (SSSR count). The highest BCUT2D eigenvalue weighted by atomic mass is 16.4. The number of aromatic carboxylic acids is 1. The number of hydrogen-bond acceptors (Lipinski definition) is 2. The summed E-state index contributed by atoms with van der Waals surface area (Å²) in [6.45, 7) is 3.90. The molecular formula is C12H15NO3. The molecule has 0 saturated heterocycles. The maximum atomic E-state index is 11.6. The van der Waals surface area contributed by atoms with E-state index in [1.54, 1.807) is 0 Å². The number of benzene rings is 1. The van der Waals surface area contributed by atoms with Gasteiger partial charge in [-0.1, -0.05) is 6.92 Å². The van der Waals surface area contributed by atoms with E-state index < -0.39 is 5.97 Å². The Morgan fingerprint density at radius 2 is 1.75 bits per heavy atom. The molecule has 0 bridgehead atoms. The number of carbonyl (C=O) groups is 2. The van der Waals surface area contributed by atoms with E-state index in [9.17, 15) is 9.59 Å². The Morgan fingerprint density at radius 3 is 2.19 bits per heavy atom. The average Bonchev–Trinajstić information content (AvgIpc) is 2.28. The fourth-order valence-electron chi connectivity index (χ4n) is 1.17. The molecule has 0 aromatic heterocycles. The average molecular weight is 221 g/mol. The van der Waals surface area contributed by atoms with E-state index >= 15 is 0 Å². The maximum Gasteiger partial charge on any atom is 0.335 e. The highest BCUT2D eigenvalue weighted by Crippen LogP contribution is 2.05. The van der Waals surface area contributed by atoms with E-state index in [4.69, 9.17) is 5.11 Å². The van der Waals surface area contributed by atoms with E-state index in [1.165, 1.54) is 24.3 Å². The smallest absolute Gasteiger partial charge is 0.335 e. The van der Waals surface area contributed by atoms with Crippen LogP contribution in [0.15, 0.2) is 24.3 Å². The van der Waals surface area contributed by atoms with Gasteiger partial charge in [-0.25, -0.2) is 4.79 Å². The van der Waals surface area contributed by atoms with E-state index in [1.807, 2.05) is 13.8 Å². The zero-order chi connectivity index (χ0) is 12.1. The minimum Gasteiger partial charge on any atom is -0.478 e. The van der Waals surface area contributed by atoms with Crippen molar-refractivity contribution in [2.75, 3.05) is 0 Å². The predicted molar refractivity (Wildman–Crippen MR) is 60.6 cm³/mol. The predicted octanol–water partition coefficient (Wildman–Crippen LogP) is 1.91. The van der Waals surface area contributed by atoms with Crippen LogP contribution in [0, 0.1) is 0 Å². The van der Waals surface area contributed by atoms with Crippen LogP contribution in [0.1, 0.15) is 41.0 Å². The molecule has 0 spiro atoms. The standard InChI is InChI=1S/C12H15NO3/c1-3-8(2)13-11(14)9-4-6-10(7-5-9)12(15)16/h4-8H,3H2,1-2H3,(H,13,14)(H,15,16)/t8-/m1/s1. The van der Waals surface area contributed by atoms with E-state index in [0.717, 1.165) is 6.42 Å². The van der Waals surface area contributed by atoms with Crippen molar-refractivity contribution in [3.8, 4) is 0 Å². The third-order valence-electron chi connectivity index (χ3n) is 2.38. The van der Waals surface area contributed by atoms with Gasteiger partial charge in [0, 0.05) is 11.6 Å². The van der Waals surface area contributed by atoms with Gasteiger partial charge in [0.2, 0.25) is 0 Å². The minimum absolute atomic E-state index is 0.117.